The zero-order chi connectivity index (χ0) is 15.5. The molecule has 0 atom stereocenters. The fraction of sp³-hybridized carbons (Fsp3) is 0.111. The minimum atomic E-state index is -0.205. The van der Waals surface area contributed by atoms with Gasteiger partial charge in [-0.1, -0.05) is 24.3 Å². The number of rotatable bonds is 3. The third-order valence-corrected chi connectivity index (χ3v) is 3.51. The maximum atomic E-state index is 12.3. The van der Waals surface area contributed by atoms with E-state index in [9.17, 15) is 4.79 Å². The van der Waals surface area contributed by atoms with Gasteiger partial charge in [0.15, 0.2) is 0 Å². The summed E-state index contributed by atoms with van der Waals surface area (Å²) in [7, 11) is 3.96. The molecule has 1 N–H and O–H groups in total. The molecule has 3 aromatic rings. The van der Waals surface area contributed by atoms with Crippen molar-refractivity contribution >= 4 is 28.1 Å². The molecule has 4 heteroatoms. The number of carbonyl (C=O) groups is 1. The maximum Gasteiger partial charge on any atom is 0.274 e. The molecule has 0 aliphatic heterocycles. The molecule has 22 heavy (non-hydrogen) atoms. The van der Waals surface area contributed by atoms with Gasteiger partial charge < -0.3 is 10.2 Å². The number of benzene rings is 2. The number of hydrogen-bond donors (Lipinski definition) is 1. The van der Waals surface area contributed by atoms with E-state index in [0.717, 1.165) is 22.1 Å². The molecule has 0 bridgehead atoms. The van der Waals surface area contributed by atoms with Crippen LogP contribution in [0.1, 0.15) is 10.5 Å². The molecule has 0 spiro atoms. The lowest BCUT2D eigenvalue weighted by atomic mass is 10.1. The van der Waals surface area contributed by atoms with E-state index >= 15 is 0 Å². The third-order valence-electron chi connectivity index (χ3n) is 3.51. The number of hydrogen-bond acceptors (Lipinski definition) is 3. The van der Waals surface area contributed by atoms with Crippen LogP contribution in [0.2, 0.25) is 0 Å². The van der Waals surface area contributed by atoms with Crippen molar-refractivity contribution in [2.24, 2.45) is 0 Å². The van der Waals surface area contributed by atoms with Crippen molar-refractivity contribution in [3.05, 3.63) is 66.5 Å². The predicted molar refractivity (Wildman–Crippen MR) is 90.5 cm³/mol. The Morgan fingerprint density at radius 1 is 1.00 bits per heavy atom. The number of aromatic nitrogens is 1. The molecule has 0 unspecified atom stereocenters. The summed E-state index contributed by atoms with van der Waals surface area (Å²) in [6.45, 7) is 0. The summed E-state index contributed by atoms with van der Waals surface area (Å²) in [4.78, 5) is 18.5. The highest BCUT2D eigenvalue weighted by molar-refractivity contribution is 6.04. The molecule has 1 heterocycles. The van der Waals surface area contributed by atoms with Gasteiger partial charge in [-0.3, -0.25) is 9.78 Å². The molecule has 110 valence electrons. The Morgan fingerprint density at radius 3 is 2.36 bits per heavy atom. The van der Waals surface area contributed by atoms with Crippen LogP contribution >= 0.6 is 0 Å². The highest BCUT2D eigenvalue weighted by atomic mass is 16.1. The SMILES string of the molecule is CN(C)c1ccc(NC(=O)c2cc3ccccc3cn2)cc1. The van der Waals surface area contributed by atoms with Crippen molar-refractivity contribution in [1.29, 1.82) is 0 Å². The van der Waals surface area contributed by atoms with E-state index in [1.54, 1.807) is 12.3 Å². The molecule has 1 amide bonds. The highest BCUT2D eigenvalue weighted by Crippen LogP contribution is 2.17. The topological polar surface area (TPSA) is 45.2 Å². The van der Waals surface area contributed by atoms with Crippen LogP contribution in [0, 0.1) is 0 Å². The maximum absolute atomic E-state index is 12.3. The fourth-order valence-electron chi connectivity index (χ4n) is 2.25. The van der Waals surface area contributed by atoms with Crippen LogP contribution in [0.3, 0.4) is 0 Å². The fourth-order valence-corrected chi connectivity index (χ4v) is 2.25. The van der Waals surface area contributed by atoms with Crippen LogP contribution in [-0.4, -0.2) is 25.0 Å². The first kappa shape index (κ1) is 14.1. The second-order valence-corrected chi connectivity index (χ2v) is 5.31. The average Bonchev–Trinajstić information content (AvgIpc) is 2.55. The first-order valence-electron chi connectivity index (χ1n) is 7.07. The highest BCUT2D eigenvalue weighted by Gasteiger charge is 2.08. The Hall–Kier alpha value is -2.88. The molecule has 0 saturated carbocycles. The Bertz CT molecular complexity index is 810. The monoisotopic (exact) mass is 291 g/mol. The number of anilines is 2. The molecule has 0 radical (unpaired) electrons. The lowest BCUT2D eigenvalue weighted by Gasteiger charge is -2.13. The molecule has 4 nitrogen and oxygen atoms in total. The van der Waals surface area contributed by atoms with E-state index in [-0.39, 0.29) is 5.91 Å². The summed E-state index contributed by atoms with van der Waals surface area (Å²) >= 11 is 0. The first-order chi connectivity index (χ1) is 10.6. The van der Waals surface area contributed by atoms with Gasteiger partial charge in [0.05, 0.1) is 0 Å². The first-order valence-corrected chi connectivity index (χ1v) is 7.07. The van der Waals surface area contributed by atoms with Crippen LogP contribution in [0.25, 0.3) is 10.8 Å². The van der Waals surface area contributed by atoms with Gasteiger partial charge in [0.2, 0.25) is 0 Å². The molecule has 0 aliphatic carbocycles. The third kappa shape index (κ3) is 2.91. The second-order valence-electron chi connectivity index (χ2n) is 5.31. The number of amides is 1. The quantitative estimate of drug-likeness (QED) is 0.802. The second kappa shape index (κ2) is 5.85. The summed E-state index contributed by atoms with van der Waals surface area (Å²) in [5.41, 5.74) is 2.25. The molecule has 0 fully saturated rings. The van der Waals surface area contributed by atoms with Crippen LogP contribution in [0.15, 0.2) is 60.8 Å². The molecule has 0 saturated heterocycles. The molecule has 1 aromatic heterocycles. The van der Waals surface area contributed by atoms with Gasteiger partial charge in [-0.05, 0) is 35.7 Å². The van der Waals surface area contributed by atoms with Gasteiger partial charge in [0, 0.05) is 37.1 Å². The van der Waals surface area contributed by atoms with E-state index in [2.05, 4.69) is 10.3 Å². The minimum absolute atomic E-state index is 0.205. The van der Waals surface area contributed by atoms with Crippen molar-refractivity contribution in [3.63, 3.8) is 0 Å². The summed E-state index contributed by atoms with van der Waals surface area (Å²) in [5.74, 6) is -0.205. The largest absolute Gasteiger partial charge is 0.378 e. The van der Waals surface area contributed by atoms with Gasteiger partial charge in [-0.15, -0.1) is 0 Å². The van der Waals surface area contributed by atoms with E-state index in [4.69, 9.17) is 0 Å². The van der Waals surface area contributed by atoms with Gasteiger partial charge in [0.1, 0.15) is 5.69 Å². The van der Waals surface area contributed by atoms with Gasteiger partial charge in [0.25, 0.3) is 5.91 Å². The zero-order valence-electron chi connectivity index (χ0n) is 12.6. The molecular formula is C18H17N3O. The van der Waals surface area contributed by atoms with Crippen LogP contribution in [0.5, 0.6) is 0 Å². The summed E-state index contributed by atoms with van der Waals surface area (Å²) in [5, 5.41) is 4.90. The Kier molecular flexibility index (Phi) is 3.74. The number of nitrogens with zero attached hydrogens (tertiary/aromatic N) is 2. The molecule has 3 rings (SSSR count). The Labute approximate surface area is 129 Å². The number of carbonyl (C=O) groups excluding carboxylic acids is 1. The molecular weight excluding hydrogens is 274 g/mol. The Balaban J connectivity index is 1.80. The van der Waals surface area contributed by atoms with Gasteiger partial charge in [-0.2, -0.15) is 0 Å². The minimum Gasteiger partial charge on any atom is -0.378 e. The van der Waals surface area contributed by atoms with Crippen molar-refractivity contribution in [3.8, 4) is 0 Å². The van der Waals surface area contributed by atoms with Gasteiger partial charge >= 0.3 is 0 Å². The average molecular weight is 291 g/mol. The number of fused-ring (bicyclic) bond motifs is 1. The van der Waals surface area contributed by atoms with E-state index in [1.165, 1.54) is 0 Å². The zero-order valence-corrected chi connectivity index (χ0v) is 12.6. The van der Waals surface area contributed by atoms with Crippen LogP contribution in [-0.2, 0) is 0 Å². The summed E-state index contributed by atoms with van der Waals surface area (Å²) in [6.07, 6.45) is 1.72. The lowest BCUT2D eigenvalue weighted by Crippen LogP contribution is -2.14. The van der Waals surface area contributed by atoms with Crippen molar-refractivity contribution in [2.45, 2.75) is 0 Å². The van der Waals surface area contributed by atoms with E-state index in [0.29, 0.717) is 5.69 Å². The Morgan fingerprint density at radius 2 is 1.68 bits per heavy atom. The molecule has 2 aromatic carbocycles. The van der Waals surface area contributed by atoms with E-state index < -0.39 is 0 Å². The predicted octanol–water partition coefficient (Wildman–Crippen LogP) is 3.55. The van der Waals surface area contributed by atoms with Crippen LogP contribution in [0.4, 0.5) is 11.4 Å². The van der Waals surface area contributed by atoms with Crippen molar-refractivity contribution < 1.29 is 4.79 Å². The standard InChI is InChI=1S/C18H17N3O/c1-21(2)16-9-7-15(8-10-16)20-18(22)17-11-13-5-3-4-6-14(13)12-19-17/h3-12H,1-2H3,(H,20,22). The smallest absolute Gasteiger partial charge is 0.274 e. The van der Waals surface area contributed by atoms with Gasteiger partial charge in [-0.25, -0.2) is 0 Å². The van der Waals surface area contributed by atoms with E-state index in [1.807, 2.05) is 67.5 Å². The number of pyridine rings is 1. The van der Waals surface area contributed by atoms with Crippen LogP contribution < -0.4 is 10.2 Å². The lowest BCUT2D eigenvalue weighted by molar-refractivity contribution is 0.102. The normalized spacial score (nSPS) is 10.5. The summed E-state index contributed by atoms with van der Waals surface area (Å²) < 4.78 is 0. The summed E-state index contributed by atoms with van der Waals surface area (Å²) in [6, 6.07) is 17.3. The molecule has 0 aliphatic rings. The number of nitrogens with one attached hydrogen (secondary N) is 1. The van der Waals surface area contributed by atoms with Crippen molar-refractivity contribution in [1.82, 2.24) is 4.98 Å². The van der Waals surface area contributed by atoms with Crippen molar-refractivity contribution in [2.75, 3.05) is 24.3 Å².